The van der Waals surface area contributed by atoms with Crippen molar-refractivity contribution in [3.05, 3.63) is 94.0 Å². The Morgan fingerprint density at radius 2 is 1.69 bits per heavy atom. The third kappa shape index (κ3) is 5.77. The van der Waals surface area contributed by atoms with Gasteiger partial charge >= 0.3 is 12.2 Å². The maximum absolute atomic E-state index is 13.3. The van der Waals surface area contributed by atoms with Gasteiger partial charge in [0.25, 0.3) is 5.91 Å². The fourth-order valence-electron chi connectivity index (χ4n) is 3.95. The molecule has 5 nitrogen and oxygen atoms in total. The number of carbonyl (C=O) groups is 2. The highest BCUT2D eigenvalue weighted by Crippen LogP contribution is 2.32. The SMILES string of the molecule is Cc1ccc(N2CCCN(Cc3ccc(C(F)(F)F)cc3)C2=O)c(NC(=O)c2ccc(Cl)cc2)c1. The molecule has 0 spiro atoms. The van der Waals surface area contributed by atoms with Crippen LogP contribution in [-0.2, 0) is 12.7 Å². The third-order valence-electron chi connectivity index (χ3n) is 5.76. The fourth-order valence-corrected chi connectivity index (χ4v) is 4.08. The zero-order chi connectivity index (χ0) is 25.2. The number of urea groups is 1. The molecule has 0 bridgehead atoms. The van der Waals surface area contributed by atoms with Crippen molar-refractivity contribution in [2.24, 2.45) is 0 Å². The van der Waals surface area contributed by atoms with E-state index < -0.39 is 11.7 Å². The molecule has 0 radical (unpaired) electrons. The van der Waals surface area contributed by atoms with E-state index in [1.54, 1.807) is 46.2 Å². The Labute approximate surface area is 206 Å². The number of hydrogen-bond acceptors (Lipinski definition) is 2. The van der Waals surface area contributed by atoms with Crippen molar-refractivity contribution < 1.29 is 22.8 Å². The molecule has 3 aromatic rings. The molecule has 1 saturated heterocycles. The van der Waals surface area contributed by atoms with Crippen LogP contribution in [0.25, 0.3) is 0 Å². The van der Waals surface area contributed by atoms with E-state index in [-0.39, 0.29) is 18.5 Å². The van der Waals surface area contributed by atoms with Crippen molar-refractivity contribution in [3.63, 3.8) is 0 Å². The number of amides is 3. The van der Waals surface area contributed by atoms with E-state index in [0.717, 1.165) is 17.7 Å². The van der Waals surface area contributed by atoms with Gasteiger partial charge < -0.3 is 10.2 Å². The lowest BCUT2D eigenvalue weighted by molar-refractivity contribution is -0.137. The van der Waals surface area contributed by atoms with Crippen LogP contribution in [0.5, 0.6) is 0 Å². The minimum absolute atomic E-state index is 0.186. The molecule has 0 atom stereocenters. The van der Waals surface area contributed by atoms with Crippen LogP contribution in [0.3, 0.4) is 0 Å². The molecule has 3 aromatic carbocycles. The van der Waals surface area contributed by atoms with Gasteiger partial charge in [0.05, 0.1) is 16.9 Å². The summed E-state index contributed by atoms with van der Waals surface area (Å²) in [6, 6.07) is 16.5. The molecule has 0 unspecified atom stereocenters. The van der Waals surface area contributed by atoms with Crippen LogP contribution in [0.1, 0.15) is 33.5 Å². The van der Waals surface area contributed by atoms with Crippen molar-refractivity contribution in [3.8, 4) is 0 Å². The molecule has 1 aliphatic heterocycles. The molecule has 0 aliphatic carbocycles. The summed E-state index contributed by atoms with van der Waals surface area (Å²) in [7, 11) is 0. The molecular formula is C26H23ClF3N3O2. The highest BCUT2D eigenvalue weighted by Gasteiger charge is 2.31. The summed E-state index contributed by atoms with van der Waals surface area (Å²) in [5, 5.41) is 3.41. The van der Waals surface area contributed by atoms with Crippen LogP contribution >= 0.6 is 11.6 Å². The Hall–Kier alpha value is -3.52. The molecule has 9 heteroatoms. The molecule has 1 aliphatic rings. The number of halogens is 4. The molecule has 3 amide bonds. The highest BCUT2D eigenvalue weighted by atomic mass is 35.5. The summed E-state index contributed by atoms with van der Waals surface area (Å²) in [5.74, 6) is -0.334. The second-order valence-corrected chi connectivity index (χ2v) is 8.82. The van der Waals surface area contributed by atoms with E-state index in [4.69, 9.17) is 11.6 Å². The van der Waals surface area contributed by atoms with Gasteiger partial charge in [-0.05, 0) is 73.0 Å². The van der Waals surface area contributed by atoms with Gasteiger partial charge in [-0.1, -0.05) is 29.8 Å². The van der Waals surface area contributed by atoms with Crippen molar-refractivity contribution in [2.75, 3.05) is 23.3 Å². The summed E-state index contributed by atoms with van der Waals surface area (Å²) < 4.78 is 38.6. The molecule has 182 valence electrons. The summed E-state index contributed by atoms with van der Waals surface area (Å²) in [6.45, 7) is 3.01. The lowest BCUT2D eigenvalue weighted by atomic mass is 10.1. The van der Waals surface area contributed by atoms with Gasteiger partial charge in [0.1, 0.15) is 0 Å². The summed E-state index contributed by atoms with van der Waals surface area (Å²) in [6.07, 6.45) is -3.74. The zero-order valence-electron chi connectivity index (χ0n) is 18.9. The smallest absolute Gasteiger partial charge is 0.320 e. The van der Waals surface area contributed by atoms with Gasteiger partial charge in [-0.25, -0.2) is 4.79 Å². The van der Waals surface area contributed by atoms with Gasteiger partial charge in [-0.3, -0.25) is 9.69 Å². The van der Waals surface area contributed by atoms with E-state index in [9.17, 15) is 22.8 Å². The predicted molar refractivity (Wildman–Crippen MR) is 130 cm³/mol. The standard InChI is InChI=1S/C26H23ClF3N3O2/c1-17-3-12-23(22(15-17)31-24(34)19-6-10-21(27)11-7-19)33-14-2-13-32(25(33)35)16-18-4-8-20(9-5-18)26(28,29)30/h3-12,15H,2,13-14,16H2,1H3,(H,31,34). The van der Waals surface area contributed by atoms with E-state index in [1.165, 1.54) is 12.1 Å². The van der Waals surface area contributed by atoms with Crippen LogP contribution in [0, 0.1) is 6.92 Å². The molecule has 0 aromatic heterocycles. The van der Waals surface area contributed by atoms with Gasteiger partial charge in [0.15, 0.2) is 0 Å². The highest BCUT2D eigenvalue weighted by molar-refractivity contribution is 6.30. The van der Waals surface area contributed by atoms with Crippen molar-refractivity contribution in [2.45, 2.75) is 26.1 Å². The number of rotatable bonds is 5. The lowest BCUT2D eigenvalue weighted by Crippen LogP contribution is -2.49. The molecule has 35 heavy (non-hydrogen) atoms. The monoisotopic (exact) mass is 501 g/mol. The maximum Gasteiger partial charge on any atom is 0.416 e. The number of nitrogens with one attached hydrogen (secondary N) is 1. The molecule has 0 saturated carbocycles. The molecule has 4 rings (SSSR count). The van der Waals surface area contributed by atoms with Crippen molar-refractivity contribution in [1.29, 1.82) is 0 Å². The summed E-state index contributed by atoms with van der Waals surface area (Å²) in [5.41, 5.74) is 2.26. The lowest BCUT2D eigenvalue weighted by Gasteiger charge is -2.36. The molecule has 1 N–H and O–H groups in total. The Kier molecular flexibility index (Phi) is 7.03. The summed E-state index contributed by atoms with van der Waals surface area (Å²) in [4.78, 5) is 29.3. The number of carbonyl (C=O) groups excluding carboxylic acids is 2. The Morgan fingerprint density at radius 1 is 1.00 bits per heavy atom. The van der Waals surface area contributed by atoms with E-state index in [2.05, 4.69) is 5.32 Å². The minimum Gasteiger partial charge on any atom is -0.320 e. The first kappa shape index (κ1) is 24.6. The zero-order valence-corrected chi connectivity index (χ0v) is 19.7. The first-order chi connectivity index (χ1) is 16.6. The fraction of sp³-hybridized carbons (Fsp3) is 0.231. The number of nitrogens with zero attached hydrogens (tertiary/aromatic N) is 2. The van der Waals surface area contributed by atoms with Crippen LogP contribution in [0.2, 0.25) is 5.02 Å². The van der Waals surface area contributed by atoms with E-state index >= 15 is 0 Å². The van der Waals surface area contributed by atoms with Gasteiger partial charge in [-0.15, -0.1) is 0 Å². The number of aryl methyl sites for hydroxylation is 1. The van der Waals surface area contributed by atoms with Gasteiger partial charge in [0.2, 0.25) is 0 Å². The number of alkyl halides is 3. The van der Waals surface area contributed by atoms with Crippen LogP contribution in [-0.4, -0.2) is 29.9 Å². The topological polar surface area (TPSA) is 52.6 Å². The average Bonchev–Trinajstić information content (AvgIpc) is 2.81. The number of anilines is 2. The minimum atomic E-state index is -4.41. The third-order valence-corrected chi connectivity index (χ3v) is 6.02. The quantitative estimate of drug-likeness (QED) is 0.420. The second kappa shape index (κ2) is 10.00. The average molecular weight is 502 g/mol. The first-order valence-electron chi connectivity index (χ1n) is 11.0. The Morgan fingerprint density at radius 3 is 2.34 bits per heavy atom. The second-order valence-electron chi connectivity index (χ2n) is 8.39. The van der Waals surface area contributed by atoms with Crippen LogP contribution in [0.4, 0.5) is 29.3 Å². The summed E-state index contributed by atoms with van der Waals surface area (Å²) >= 11 is 5.91. The van der Waals surface area contributed by atoms with Gasteiger partial charge in [-0.2, -0.15) is 13.2 Å². The number of benzene rings is 3. The van der Waals surface area contributed by atoms with E-state index in [0.29, 0.717) is 47.0 Å². The van der Waals surface area contributed by atoms with Crippen LogP contribution in [0.15, 0.2) is 66.7 Å². The first-order valence-corrected chi connectivity index (χ1v) is 11.4. The largest absolute Gasteiger partial charge is 0.416 e. The number of hydrogen-bond donors (Lipinski definition) is 1. The van der Waals surface area contributed by atoms with Gasteiger partial charge in [0, 0.05) is 30.2 Å². The van der Waals surface area contributed by atoms with E-state index in [1.807, 2.05) is 13.0 Å². The van der Waals surface area contributed by atoms with Crippen molar-refractivity contribution in [1.82, 2.24) is 4.90 Å². The van der Waals surface area contributed by atoms with Crippen LogP contribution < -0.4 is 10.2 Å². The normalized spacial score (nSPS) is 14.3. The molecule has 1 heterocycles. The Balaban J connectivity index is 1.54. The maximum atomic E-state index is 13.3. The molecule has 1 fully saturated rings. The van der Waals surface area contributed by atoms with Crippen molar-refractivity contribution >= 4 is 34.9 Å². The Bertz CT molecular complexity index is 1230. The molecular weight excluding hydrogens is 479 g/mol. The predicted octanol–water partition coefficient (Wildman–Crippen LogP) is 6.75.